The fourth-order valence-corrected chi connectivity index (χ4v) is 2.71. The van der Waals surface area contributed by atoms with E-state index in [4.69, 9.17) is 4.74 Å². The van der Waals surface area contributed by atoms with Gasteiger partial charge >= 0.3 is 5.97 Å². The second kappa shape index (κ2) is 7.25. The molecule has 128 valence electrons. The molecule has 2 rings (SSSR count). The topological polar surface area (TPSA) is 92.4 Å². The number of aromatic nitrogens is 2. The van der Waals surface area contributed by atoms with Gasteiger partial charge in [0.15, 0.2) is 12.3 Å². The van der Waals surface area contributed by atoms with E-state index in [1.807, 2.05) is 27.7 Å². The molecule has 2 aromatic rings. The monoisotopic (exact) mass is 331 g/mol. The number of amides is 1. The number of ether oxygens (including phenoxy) is 1. The molecular weight excluding hydrogens is 310 g/mol. The molecule has 24 heavy (non-hydrogen) atoms. The normalized spacial score (nSPS) is 11.1. The van der Waals surface area contributed by atoms with Crippen molar-refractivity contribution in [3.05, 3.63) is 40.3 Å². The summed E-state index contributed by atoms with van der Waals surface area (Å²) >= 11 is 0. The van der Waals surface area contributed by atoms with Crippen molar-refractivity contribution >= 4 is 22.6 Å². The van der Waals surface area contributed by atoms with Gasteiger partial charge in [-0.25, -0.2) is 9.89 Å². The molecule has 0 saturated heterocycles. The summed E-state index contributed by atoms with van der Waals surface area (Å²) in [5.41, 5.74) is -0.400. The first-order valence-electron chi connectivity index (χ1n) is 7.78. The number of hydrogen-bond donors (Lipinski definition) is 1. The molecule has 0 aliphatic rings. The van der Waals surface area contributed by atoms with Crippen molar-refractivity contribution in [1.29, 1.82) is 0 Å². The van der Waals surface area contributed by atoms with Crippen LogP contribution >= 0.6 is 0 Å². The van der Waals surface area contributed by atoms with E-state index in [9.17, 15) is 14.4 Å². The molecule has 1 amide bonds. The molecule has 0 spiro atoms. The van der Waals surface area contributed by atoms with E-state index in [1.165, 1.54) is 0 Å². The minimum absolute atomic E-state index is 0.00300. The summed E-state index contributed by atoms with van der Waals surface area (Å²) in [6.45, 7) is 7.23. The lowest BCUT2D eigenvalue weighted by molar-refractivity contribution is -0.138. The Hall–Kier alpha value is -2.70. The van der Waals surface area contributed by atoms with Gasteiger partial charge in [-0.15, -0.1) is 0 Å². The zero-order valence-electron chi connectivity index (χ0n) is 14.2. The summed E-state index contributed by atoms with van der Waals surface area (Å²) in [5.74, 6) is -1.02. The van der Waals surface area contributed by atoms with E-state index < -0.39 is 5.97 Å². The highest BCUT2D eigenvalue weighted by atomic mass is 16.5. The molecule has 0 fully saturated rings. The maximum Gasteiger partial charge on any atom is 0.359 e. The van der Waals surface area contributed by atoms with Crippen LogP contribution in [0, 0.1) is 0 Å². The summed E-state index contributed by atoms with van der Waals surface area (Å²) in [5, 5.41) is 6.77. The molecule has 0 unspecified atom stereocenters. The SMILES string of the molecule is CC(C)N(C(=O)COC(=O)c1n[nH]c(=O)c2ccccc12)C(C)C. The van der Waals surface area contributed by atoms with Crippen LogP contribution in [0.5, 0.6) is 0 Å². The van der Waals surface area contributed by atoms with Crippen LogP contribution in [0.3, 0.4) is 0 Å². The van der Waals surface area contributed by atoms with E-state index in [0.717, 1.165) is 0 Å². The van der Waals surface area contributed by atoms with Crippen LogP contribution in [-0.4, -0.2) is 45.7 Å². The lowest BCUT2D eigenvalue weighted by atomic mass is 10.1. The first kappa shape index (κ1) is 17.7. The smallest absolute Gasteiger partial charge is 0.359 e. The molecule has 0 aliphatic carbocycles. The standard InChI is InChI=1S/C17H21N3O4/c1-10(2)20(11(3)4)14(21)9-24-17(23)15-12-7-5-6-8-13(12)16(22)19-18-15/h5-8,10-11H,9H2,1-4H3,(H,19,22). The first-order valence-corrected chi connectivity index (χ1v) is 7.78. The van der Waals surface area contributed by atoms with E-state index in [-0.39, 0.29) is 35.9 Å². The second-order valence-corrected chi connectivity index (χ2v) is 6.01. The molecule has 7 heteroatoms. The number of nitrogens with zero attached hydrogens (tertiary/aromatic N) is 2. The molecule has 1 aromatic carbocycles. The summed E-state index contributed by atoms with van der Waals surface area (Å²) in [4.78, 5) is 37.9. The van der Waals surface area contributed by atoms with Gasteiger partial charge in [0.25, 0.3) is 11.5 Å². The lowest BCUT2D eigenvalue weighted by Gasteiger charge is -2.30. The molecule has 0 radical (unpaired) electrons. The highest BCUT2D eigenvalue weighted by molar-refractivity contribution is 6.02. The molecule has 7 nitrogen and oxygen atoms in total. The maximum atomic E-state index is 12.3. The summed E-state index contributed by atoms with van der Waals surface area (Å²) < 4.78 is 5.10. The lowest BCUT2D eigenvalue weighted by Crippen LogP contribution is -2.44. The van der Waals surface area contributed by atoms with E-state index in [0.29, 0.717) is 10.8 Å². The van der Waals surface area contributed by atoms with Gasteiger partial charge in [-0.3, -0.25) is 9.59 Å². The Labute approximate surface area is 139 Å². The largest absolute Gasteiger partial charge is 0.451 e. The van der Waals surface area contributed by atoms with Crippen LogP contribution < -0.4 is 5.56 Å². The third kappa shape index (κ3) is 3.61. The van der Waals surface area contributed by atoms with Gasteiger partial charge < -0.3 is 9.64 Å². The van der Waals surface area contributed by atoms with Crippen molar-refractivity contribution in [1.82, 2.24) is 15.1 Å². The highest BCUT2D eigenvalue weighted by Crippen LogP contribution is 2.13. The predicted octanol–water partition coefficient (Wildman–Crippen LogP) is 1.73. The predicted molar refractivity (Wildman–Crippen MR) is 89.8 cm³/mol. The quantitative estimate of drug-likeness (QED) is 0.842. The van der Waals surface area contributed by atoms with Gasteiger partial charge in [-0.1, -0.05) is 18.2 Å². The molecule has 0 bridgehead atoms. The van der Waals surface area contributed by atoms with Crippen molar-refractivity contribution in [3.8, 4) is 0 Å². The number of H-pyrrole nitrogens is 1. The fraction of sp³-hybridized carbons (Fsp3) is 0.412. The fourth-order valence-electron chi connectivity index (χ4n) is 2.71. The van der Waals surface area contributed by atoms with Crippen LogP contribution in [0.2, 0.25) is 0 Å². The Morgan fingerprint density at radius 2 is 1.71 bits per heavy atom. The van der Waals surface area contributed by atoms with Gasteiger partial charge in [0, 0.05) is 17.5 Å². The number of rotatable bonds is 5. The minimum Gasteiger partial charge on any atom is -0.451 e. The van der Waals surface area contributed by atoms with Gasteiger partial charge in [0.1, 0.15) is 0 Å². The average molecular weight is 331 g/mol. The van der Waals surface area contributed by atoms with Gasteiger partial charge in [0.2, 0.25) is 0 Å². The van der Waals surface area contributed by atoms with E-state index >= 15 is 0 Å². The van der Waals surface area contributed by atoms with Crippen LogP contribution in [-0.2, 0) is 9.53 Å². The van der Waals surface area contributed by atoms with Crippen LogP contribution in [0.25, 0.3) is 10.8 Å². The Morgan fingerprint density at radius 3 is 2.29 bits per heavy atom. The molecule has 0 aliphatic heterocycles. The second-order valence-electron chi connectivity index (χ2n) is 6.01. The van der Waals surface area contributed by atoms with Crippen LogP contribution in [0.15, 0.2) is 29.1 Å². The number of fused-ring (bicyclic) bond motifs is 1. The Balaban J connectivity index is 2.18. The number of aromatic amines is 1. The maximum absolute atomic E-state index is 12.3. The number of hydrogen-bond acceptors (Lipinski definition) is 5. The zero-order valence-corrected chi connectivity index (χ0v) is 14.2. The minimum atomic E-state index is -0.747. The molecule has 0 saturated carbocycles. The molecule has 0 atom stereocenters. The number of nitrogens with one attached hydrogen (secondary N) is 1. The number of esters is 1. The van der Waals surface area contributed by atoms with Crippen LogP contribution in [0.4, 0.5) is 0 Å². The van der Waals surface area contributed by atoms with Crippen molar-refractivity contribution in [2.45, 2.75) is 39.8 Å². The first-order chi connectivity index (χ1) is 11.3. The molecule has 1 aromatic heterocycles. The zero-order chi connectivity index (χ0) is 17.9. The highest BCUT2D eigenvalue weighted by Gasteiger charge is 2.23. The van der Waals surface area contributed by atoms with Crippen molar-refractivity contribution in [2.24, 2.45) is 0 Å². The number of benzene rings is 1. The van der Waals surface area contributed by atoms with E-state index in [2.05, 4.69) is 10.2 Å². The molecule has 1 N–H and O–H groups in total. The Morgan fingerprint density at radius 1 is 1.12 bits per heavy atom. The summed E-state index contributed by atoms with van der Waals surface area (Å²) in [6.07, 6.45) is 0. The van der Waals surface area contributed by atoms with E-state index in [1.54, 1.807) is 29.2 Å². The van der Waals surface area contributed by atoms with Crippen molar-refractivity contribution in [2.75, 3.05) is 6.61 Å². The van der Waals surface area contributed by atoms with Crippen molar-refractivity contribution < 1.29 is 14.3 Å². The van der Waals surface area contributed by atoms with Gasteiger partial charge in [0.05, 0.1) is 5.39 Å². The van der Waals surface area contributed by atoms with Gasteiger partial charge in [-0.05, 0) is 33.8 Å². The number of carbonyl (C=O) groups is 2. The molecular formula is C17H21N3O4. The summed E-state index contributed by atoms with van der Waals surface area (Å²) in [7, 11) is 0. The molecule has 1 heterocycles. The van der Waals surface area contributed by atoms with Gasteiger partial charge in [-0.2, -0.15) is 5.10 Å². The third-order valence-corrected chi connectivity index (χ3v) is 3.62. The average Bonchev–Trinajstić information content (AvgIpc) is 2.52. The summed E-state index contributed by atoms with van der Waals surface area (Å²) in [6, 6.07) is 6.61. The Bertz CT molecular complexity index is 803. The van der Waals surface area contributed by atoms with Crippen molar-refractivity contribution in [3.63, 3.8) is 0 Å². The third-order valence-electron chi connectivity index (χ3n) is 3.62. The van der Waals surface area contributed by atoms with Crippen LogP contribution in [0.1, 0.15) is 38.2 Å². The Kier molecular flexibility index (Phi) is 5.33. The number of carbonyl (C=O) groups excluding carboxylic acids is 2.